The van der Waals surface area contributed by atoms with Crippen molar-refractivity contribution in [3.63, 3.8) is 0 Å². The lowest BCUT2D eigenvalue weighted by molar-refractivity contribution is -0.144. The summed E-state index contributed by atoms with van der Waals surface area (Å²) in [4.78, 5) is 12.3. The quantitative estimate of drug-likeness (QED) is 0.842. The third-order valence-electron chi connectivity index (χ3n) is 3.35. The van der Waals surface area contributed by atoms with Crippen LogP contribution < -0.4 is 5.32 Å². The second-order valence-electron chi connectivity index (χ2n) is 5.06. The van der Waals surface area contributed by atoms with Crippen molar-refractivity contribution in [1.29, 1.82) is 0 Å². The van der Waals surface area contributed by atoms with Crippen LogP contribution in [-0.4, -0.2) is 12.6 Å². The first-order chi connectivity index (χ1) is 10.1. The van der Waals surface area contributed by atoms with Gasteiger partial charge in [0, 0.05) is 5.69 Å². The predicted octanol–water partition coefficient (Wildman–Crippen LogP) is 4.02. The number of rotatable bonds is 5. The van der Waals surface area contributed by atoms with Gasteiger partial charge in [-0.3, -0.25) is 0 Å². The van der Waals surface area contributed by atoms with Crippen LogP contribution in [0.2, 0.25) is 0 Å². The van der Waals surface area contributed by atoms with Crippen molar-refractivity contribution in [1.82, 2.24) is 0 Å². The normalized spacial score (nSPS) is 11.8. The molecule has 2 rings (SSSR count). The van der Waals surface area contributed by atoms with Crippen molar-refractivity contribution in [2.45, 2.75) is 26.8 Å². The number of carbonyl (C=O) groups is 1. The molecule has 1 unspecified atom stereocenters. The average Bonchev–Trinajstić information content (AvgIpc) is 2.49. The van der Waals surface area contributed by atoms with Gasteiger partial charge in [0.1, 0.15) is 0 Å². The fourth-order valence-electron chi connectivity index (χ4n) is 2.26. The third kappa shape index (κ3) is 3.85. The van der Waals surface area contributed by atoms with Crippen LogP contribution in [-0.2, 0) is 9.53 Å². The first kappa shape index (κ1) is 15.1. The number of hydrogen-bond donors (Lipinski definition) is 1. The summed E-state index contributed by atoms with van der Waals surface area (Å²) in [5.74, 6) is -0.255. The molecule has 3 heteroatoms. The molecule has 21 heavy (non-hydrogen) atoms. The minimum atomic E-state index is -0.493. The molecule has 1 N–H and O–H groups in total. The largest absolute Gasteiger partial charge is 0.464 e. The van der Waals surface area contributed by atoms with Crippen molar-refractivity contribution in [3.05, 3.63) is 65.2 Å². The molecule has 0 fully saturated rings. The Balaban J connectivity index is 2.36. The smallest absolute Gasteiger partial charge is 0.333 e. The first-order valence-corrected chi connectivity index (χ1v) is 7.17. The average molecular weight is 283 g/mol. The number of hydrogen-bond acceptors (Lipinski definition) is 3. The minimum Gasteiger partial charge on any atom is -0.464 e. The highest BCUT2D eigenvalue weighted by molar-refractivity contribution is 5.81. The van der Waals surface area contributed by atoms with Crippen LogP contribution in [0.15, 0.2) is 48.5 Å². The molecule has 0 aliphatic carbocycles. The second kappa shape index (κ2) is 6.93. The van der Waals surface area contributed by atoms with Gasteiger partial charge >= 0.3 is 5.97 Å². The summed E-state index contributed by atoms with van der Waals surface area (Å²) in [6, 6.07) is 15.3. The standard InChI is InChI=1S/C18H21NO2/c1-4-21-18(20)17(19-15-8-6-5-7-9-15)16-12-13(2)10-11-14(16)3/h5-12,17,19H,4H2,1-3H3. The van der Waals surface area contributed by atoms with Gasteiger partial charge in [0.05, 0.1) is 6.61 Å². The SMILES string of the molecule is CCOC(=O)C(Nc1ccccc1)c1cc(C)ccc1C. The van der Waals surface area contributed by atoms with E-state index in [-0.39, 0.29) is 5.97 Å². The Bertz CT molecular complexity index is 608. The first-order valence-electron chi connectivity index (χ1n) is 7.17. The van der Waals surface area contributed by atoms with E-state index in [1.54, 1.807) is 0 Å². The van der Waals surface area contributed by atoms with E-state index < -0.39 is 6.04 Å². The molecule has 1 atom stereocenters. The van der Waals surface area contributed by atoms with E-state index in [9.17, 15) is 4.79 Å². The van der Waals surface area contributed by atoms with Crippen molar-refractivity contribution >= 4 is 11.7 Å². The molecule has 0 bridgehead atoms. The zero-order chi connectivity index (χ0) is 15.2. The number of benzene rings is 2. The summed E-state index contributed by atoms with van der Waals surface area (Å²) in [7, 11) is 0. The Kier molecular flexibility index (Phi) is 4.99. The molecule has 0 saturated heterocycles. The van der Waals surface area contributed by atoms with Gasteiger partial charge in [-0.05, 0) is 44.0 Å². The summed E-state index contributed by atoms with van der Waals surface area (Å²) in [6.45, 7) is 6.22. The maximum Gasteiger partial charge on any atom is 0.333 e. The molecule has 0 saturated carbocycles. The van der Waals surface area contributed by atoms with Gasteiger partial charge < -0.3 is 10.1 Å². The van der Waals surface area contributed by atoms with Gasteiger partial charge in [0.2, 0.25) is 0 Å². The number of anilines is 1. The maximum absolute atomic E-state index is 12.3. The number of esters is 1. The van der Waals surface area contributed by atoms with Gasteiger partial charge in [-0.1, -0.05) is 42.0 Å². The summed E-state index contributed by atoms with van der Waals surface area (Å²) in [5.41, 5.74) is 4.05. The van der Waals surface area contributed by atoms with Crippen LogP contribution in [0.4, 0.5) is 5.69 Å². The lowest BCUT2D eigenvalue weighted by atomic mass is 9.98. The Morgan fingerprint density at radius 3 is 2.52 bits per heavy atom. The number of carbonyl (C=O) groups excluding carboxylic acids is 1. The van der Waals surface area contributed by atoms with Gasteiger partial charge in [0.15, 0.2) is 6.04 Å². The van der Waals surface area contributed by atoms with Gasteiger partial charge in [0.25, 0.3) is 0 Å². The molecular formula is C18H21NO2. The monoisotopic (exact) mass is 283 g/mol. The highest BCUT2D eigenvalue weighted by Crippen LogP contribution is 2.25. The zero-order valence-electron chi connectivity index (χ0n) is 12.7. The molecule has 2 aromatic rings. The molecule has 0 amide bonds. The highest BCUT2D eigenvalue weighted by Gasteiger charge is 2.23. The summed E-state index contributed by atoms with van der Waals surface area (Å²) in [6.07, 6.45) is 0. The van der Waals surface area contributed by atoms with Crippen LogP contribution >= 0.6 is 0 Å². The molecule has 2 aromatic carbocycles. The van der Waals surface area contributed by atoms with Crippen molar-refractivity contribution < 1.29 is 9.53 Å². The number of ether oxygens (including phenoxy) is 1. The van der Waals surface area contributed by atoms with E-state index in [4.69, 9.17) is 4.74 Å². The molecule has 0 aliphatic rings. The topological polar surface area (TPSA) is 38.3 Å². The van der Waals surface area contributed by atoms with E-state index >= 15 is 0 Å². The molecule has 0 aliphatic heterocycles. The van der Waals surface area contributed by atoms with Crippen LogP contribution in [0.1, 0.15) is 29.7 Å². The molecule has 0 radical (unpaired) electrons. The summed E-state index contributed by atoms with van der Waals surface area (Å²) in [5, 5.41) is 3.27. The maximum atomic E-state index is 12.3. The fourth-order valence-corrected chi connectivity index (χ4v) is 2.26. The van der Waals surface area contributed by atoms with Crippen LogP contribution in [0, 0.1) is 13.8 Å². The van der Waals surface area contributed by atoms with E-state index in [1.807, 2.05) is 69.3 Å². The van der Waals surface area contributed by atoms with E-state index in [0.717, 1.165) is 22.4 Å². The molecular weight excluding hydrogens is 262 g/mol. The molecule has 110 valence electrons. The van der Waals surface area contributed by atoms with Crippen LogP contribution in [0.5, 0.6) is 0 Å². The van der Waals surface area contributed by atoms with Crippen molar-refractivity contribution in [2.24, 2.45) is 0 Å². The molecule has 3 nitrogen and oxygen atoms in total. The van der Waals surface area contributed by atoms with E-state index in [2.05, 4.69) is 5.32 Å². The van der Waals surface area contributed by atoms with Gasteiger partial charge in [-0.2, -0.15) is 0 Å². The van der Waals surface area contributed by atoms with E-state index in [0.29, 0.717) is 6.61 Å². The summed E-state index contributed by atoms with van der Waals surface area (Å²) < 4.78 is 5.22. The van der Waals surface area contributed by atoms with Crippen molar-refractivity contribution in [3.8, 4) is 0 Å². The lowest BCUT2D eigenvalue weighted by Gasteiger charge is -2.21. The van der Waals surface area contributed by atoms with Gasteiger partial charge in [-0.25, -0.2) is 4.79 Å². The zero-order valence-corrected chi connectivity index (χ0v) is 12.7. The van der Waals surface area contributed by atoms with Crippen LogP contribution in [0.25, 0.3) is 0 Å². The molecule has 0 heterocycles. The minimum absolute atomic E-state index is 0.255. The molecule has 0 aromatic heterocycles. The highest BCUT2D eigenvalue weighted by atomic mass is 16.5. The van der Waals surface area contributed by atoms with Crippen LogP contribution in [0.3, 0.4) is 0 Å². The number of aryl methyl sites for hydroxylation is 2. The fraction of sp³-hybridized carbons (Fsp3) is 0.278. The lowest BCUT2D eigenvalue weighted by Crippen LogP contribution is -2.24. The predicted molar refractivity (Wildman–Crippen MR) is 85.4 cm³/mol. The Morgan fingerprint density at radius 1 is 1.14 bits per heavy atom. The Labute approximate surface area is 126 Å². The summed E-state index contributed by atoms with van der Waals surface area (Å²) >= 11 is 0. The van der Waals surface area contributed by atoms with Gasteiger partial charge in [-0.15, -0.1) is 0 Å². The Hall–Kier alpha value is -2.29. The number of nitrogens with one attached hydrogen (secondary N) is 1. The van der Waals surface area contributed by atoms with E-state index in [1.165, 1.54) is 0 Å². The Morgan fingerprint density at radius 2 is 1.86 bits per heavy atom. The second-order valence-corrected chi connectivity index (χ2v) is 5.06. The number of para-hydroxylation sites is 1. The third-order valence-corrected chi connectivity index (χ3v) is 3.35. The van der Waals surface area contributed by atoms with Crippen molar-refractivity contribution in [2.75, 3.05) is 11.9 Å². The molecule has 0 spiro atoms.